The maximum Gasteiger partial charge on any atom is 0.324 e. The SMILES string of the molecule is O=C(c1cc(F)ccc1F)C1CCN(C(=O)c2ccc([N+](=O)[O-])s2)CC1. The molecular formula is C17H14F2N2O4S. The molecule has 0 saturated carbocycles. The van der Waals surface area contributed by atoms with Crippen LogP contribution >= 0.6 is 11.3 Å². The largest absolute Gasteiger partial charge is 0.338 e. The maximum absolute atomic E-state index is 13.8. The van der Waals surface area contributed by atoms with Crippen LogP contribution < -0.4 is 0 Å². The molecule has 1 aromatic carbocycles. The molecule has 26 heavy (non-hydrogen) atoms. The number of amides is 1. The van der Waals surface area contributed by atoms with Gasteiger partial charge in [-0.15, -0.1) is 0 Å². The number of thiophene rings is 1. The highest BCUT2D eigenvalue weighted by molar-refractivity contribution is 7.17. The number of nitro groups is 1. The molecule has 0 bridgehead atoms. The van der Waals surface area contributed by atoms with Gasteiger partial charge in [0, 0.05) is 25.1 Å². The molecule has 0 unspecified atom stereocenters. The van der Waals surface area contributed by atoms with E-state index in [4.69, 9.17) is 0 Å². The lowest BCUT2D eigenvalue weighted by molar-refractivity contribution is -0.380. The molecule has 3 rings (SSSR count). The molecule has 0 radical (unpaired) electrons. The van der Waals surface area contributed by atoms with E-state index in [1.54, 1.807) is 0 Å². The van der Waals surface area contributed by atoms with E-state index in [-0.39, 0.29) is 34.4 Å². The Bertz CT molecular complexity index is 875. The van der Waals surface area contributed by atoms with Crippen molar-refractivity contribution in [2.24, 2.45) is 5.92 Å². The van der Waals surface area contributed by atoms with Gasteiger partial charge < -0.3 is 4.90 Å². The fourth-order valence-electron chi connectivity index (χ4n) is 2.95. The first-order valence-electron chi connectivity index (χ1n) is 7.89. The van der Waals surface area contributed by atoms with E-state index in [2.05, 4.69) is 0 Å². The van der Waals surface area contributed by atoms with Gasteiger partial charge in [-0.1, -0.05) is 11.3 Å². The Balaban J connectivity index is 1.65. The number of halogens is 2. The number of hydrogen-bond donors (Lipinski definition) is 0. The fraction of sp³-hybridized carbons (Fsp3) is 0.294. The third-order valence-corrected chi connectivity index (χ3v) is 5.35. The van der Waals surface area contributed by atoms with E-state index in [0.717, 1.165) is 29.5 Å². The summed E-state index contributed by atoms with van der Waals surface area (Å²) in [6.45, 7) is 0.551. The number of nitrogens with zero attached hydrogens (tertiary/aromatic N) is 2. The number of rotatable bonds is 4. The quantitative estimate of drug-likeness (QED) is 0.460. The van der Waals surface area contributed by atoms with Gasteiger partial charge in [0.05, 0.1) is 15.4 Å². The van der Waals surface area contributed by atoms with E-state index in [9.17, 15) is 28.5 Å². The monoisotopic (exact) mass is 380 g/mol. The number of Topliss-reactive ketones (excluding diaryl/α,β-unsaturated/α-hetero) is 1. The van der Waals surface area contributed by atoms with Crippen molar-refractivity contribution in [1.82, 2.24) is 4.90 Å². The van der Waals surface area contributed by atoms with E-state index in [0.29, 0.717) is 12.8 Å². The van der Waals surface area contributed by atoms with Gasteiger partial charge in [-0.25, -0.2) is 8.78 Å². The van der Waals surface area contributed by atoms with Crippen LogP contribution in [0.15, 0.2) is 30.3 Å². The summed E-state index contributed by atoms with van der Waals surface area (Å²) in [5, 5.41) is 10.6. The predicted molar refractivity (Wildman–Crippen MR) is 90.3 cm³/mol. The predicted octanol–water partition coefficient (Wildman–Crippen LogP) is 3.67. The van der Waals surface area contributed by atoms with Crippen LogP contribution in [0.3, 0.4) is 0 Å². The molecule has 6 nitrogen and oxygen atoms in total. The normalized spacial score (nSPS) is 15.1. The molecule has 9 heteroatoms. The van der Waals surface area contributed by atoms with Crippen molar-refractivity contribution < 1.29 is 23.3 Å². The van der Waals surface area contributed by atoms with Crippen molar-refractivity contribution in [3.05, 3.63) is 62.5 Å². The number of hydrogen-bond acceptors (Lipinski definition) is 5. The second-order valence-electron chi connectivity index (χ2n) is 5.95. The highest BCUT2D eigenvalue weighted by Gasteiger charge is 2.30. The fourth-order valence-corrected chi connectivity index (χ4v) is 3.74. The van der Waals surface area contributed by atoms with Gasteiger partial charge in [0.15, 0.2) is 5.78 Å². The molecule has 2 aromatic rings. The highest BCUT2D eigenvalue weighted by atomic mass is 32.1. The number of carbonyl (C=O) groups is 2. The number of piperidine rings is 1. The van der Waals surface area contributed by atoms with Crippen LogP contribution in [0.5, 0.6) is 0 Å². The summed E-state index contributed by atoms with van der Waals surface area (Å²) in [4.78, 5) is 36.7. The van der Waals surface area contributed by atoms with Crippen LogP contribution in [-0.2, 0) is 0 Å². The lowest BCUT2D eigenvalue weighted by Crippen LogP contribution is -2.40. The standard InChI is InChI=1S/C17H14F2N2O4S/c18-11-1-2-13(19)12(9-11)16(22)10-5-7-20(8-6-10)17(23)14-3-4-15(26-14)21(24)25/h1-4,9-10H,5-8H2. The Morgan fingerprint density at radius 1 is 1.15 bits per heavy atom. The van der Waals surface area contributed by atoms with E-state index >= 15 is 0 Å². The molecule has 136 valence electrons. The van der Waals surface area contributed by atoms with Crippen LogP contribution in [0.1, 0.15) is 32.9 Å². The first kappa shape index (κ1) is 18.1. The minimum atomic E-state index is -0.763. The van der Waals surface area contributed by atoms with Crippen LogP contribution in [0.2, 0.25) is 0 Å². The molecule has 1 saturated heterocycles. The smallest absolute Gasteiger partial charge is 0.324 e. The molecule has 2 heterocycles. The molecule has 0 atom stereocenters. The highest BCUT2D eigenvalue weighted by Crippen LogP contribution is 2.28. The van der Waals surface area contributed by atoms with Gasteiger partial charge in [-0.3, -0.25) is 19.7 Å². The van der Waals surface area contributed by atoms with Crippen molar-refractivity contribution in [3.63, 3.8) is 0 Å². The van der Waals surface area contributed by atoms with Crippen molar-refractivity contribution in [1.29, 1.82) is 0 Å². The molecule has 0 aliphatic carbocycles. The minimum absolute atomic E-state index is 0.111. The Labute approximate surface area is 151 Å². The lowest BCUT2D eigenvalue weighted by Gasteiger charge is -2.31. The molecule has 1 aromatic heterocycles. The third kappa shape index (κ3) is 3.62. The first-order chi connectivity index (χ1) is 12.4. The summed E-state index contributed by atoms with van der Waals surface area (Å²) in [6.07, 6.45) is 0.655. The maximum atomic E-state index is 13.8. The second-order valence-corrected chi connectivity index (χ2v) is 7.01. The van der Waals surface area contributed by atoms with Gasteiger partial charge in [0.25, 0.3) is 5.91 Å². The van der Waals surface area contributed by atoms with E-state index < -0.39 is 28.3 Å². The Morgan fingerprint density at radius 3 is 2.46 bits per heavy atom. The van der Waals surface area contributed by atoms with Crippen LogP contribution in [-0.4, -0.2) is 34.6 Å². The van der Waals surface area contributed by atoms with Crippen LogP contribution in [0.25, 0.3) is 0 Å². The zero-order valence-corrected chi connectivity index (χ0v) is 14.3. The van der Waals surface area contributed by atoms with Gasteiger partial charge in [-0.05, 0) is 37.1 Å². The second kappa shape index (κ2) is 7.28. The summed E-state index contributed by atoms with van der Waals surface area (Å²) in [5.74, 6) is -2.73. The summed E-state index contributed by atoms with van der Waals surface area (Å²) >= 11 is 0.802. The van der Waals surface area contributed by atoms with Crippen molar-refractivity contribution >= 4 is 28.0 Å². The Kier molecular flexibility index (Phi) is 5.08. The van der Waals surface area contributed by atoms with Crippen molar-refractivity contribution in [3.8, 4) is 0 Å². The minimum Gasteiger partial charge on any atom is -0.338 e. The summed E-state index contributed by atoms with van der Waals surface area (Å²) in [5.41, 5.74) is -0.274. The molecule has 0 spiro atoms. The summed E-state index contributed by atoms with van der Waals surface area (Å²) < 4.78 is 27.0. The Morgan fingerprint density at radius 2 is 1.85 bits per heavy atom. The number of benzene rings is 1. The van der Waals surface area contributed by atoms with Crippen LogP contribution in [0, 0.1) is 27.7 Å². The van der Waals surface area contributed by atoms with Gasteiger partial charge in [0.2, 0.25) is 0 Å². The zero-order chi connectivity index (χ0) is 18.8. The van der Waals surface area contributed by atoms with E-state index in [1.807, 2.05) is 0 Å². The summed E-state index contributed by atoms with van der Waals surface area (Å²) in [6, 6.07) is 5.45. The van der Waals surface area contributed by atoms with Gasteiger partial charge in [0.1, 0.15) is 11.6 Å². The van der Waals surface area contributed by atoms with E-state index in [1.165, 1.54) is 17.0 Å². The topological polar surface area (TPSA) is 80.5 Å². The molecular weight excluding hydrogens is 366 g/mol. The molecule has 1 fully saturated rings. The van der Waals surface area contributed by atoms with Gasteiger partial charge >= 0.3 is 5.00 Å². The average Bonchev–Trinajstić information content (AvgIpc) is 3.13. The molecule has 1 aliphatic rings. The summed E-state index contributed by atoms with van der Waals surface area (Å²) in [7, 11) is 0. The first-order valence-corrected chi connectivity index (χ1v) is 8.71. The number of ketones is 1. The molecule has 0 N–H and O–H groups in total. The van der Waals surface area contributed by atoms with Crippen LogP contribution in [0.4, 0.5) is 13.8 Å². The van der Waals surface area contributed by atoms with Crippen molar-refractivity contribution in [2.45, 2.75) is 12.8 Å². The third-order valence-electron chi connectivity index (χ3n) is 4.33. The zero-order valence-electron chi connectivity index (χ0n) is 13.5. The van der Waals surface area contributed by atoms with Gasteiger partial charge in [-0.2, -0.15) is 0 Å². The lowest BCUT2D eigenvalue weighted by atomic mass is 9.88. The Hall–Kier alpha value is -2.68. The van der Waals surface area contributed by atoms with Crippen molar-refractivity contribution in [2.75, 3.05) is 13.1 Å². The molecule has 1 amide bonds. The molecule has 1 aliphatic heterocycles. The number of carbonyl (C=O) groups excluding carboxylic acids is 2. The average molecular weight is 380 g/mol. The number of likely N-dealkylation sites (tertiary alicyclic amines) is 1.